The molecule has 1 saturated heterocycles. The van der Waals surface area contributed by atoms with Gasteiger partial charge in [0, 0.05) is 38.0 Å². The van der Waals surface area contributed by atoms with Gasteiger partial charge in [0.15, 0.2) is 5.13 Å². The summed E-state index contributed by atoms with van der Waals surface area (Å²) in [6.45, 7) is 14.7. The minimum atomic E-state index is -0.487. The molecule has 0 bridgehead atoms. The zero-order valence-electron chi connectivity index (χ0n) is 17.9. The molecule has 0 radical (unpaired) electrons. The highest BCUT2D eigenvalue weighted by Gasteiger charge is 2.29. The molecule has 28 heavy (non-hydrogen) atoms. The normalized spacial score (nSPS) is 18.2. The van der Waals surface area contributed by atoms with Gasteiger partial charge in [-0.2, -0.15) is 0 Å². The Hall–Kier alpha value is -1.67. The van der Waals surface area contributed by atoms with Crippen LogP contribution in [0.25, 0.3) is 0 Å². The maximum atomic E-state index is 12.6. The first-order valence-corrected chi connectivity index (χ1v) is 10.9. The van der Waals surface area contributed by atoms with E-state index in [9.17, 15) is 9.59 Å². The lowest BCUT2D eigenvalue weighted by Gasteiger charge is -2.37. The third kappa shape index (κ3) is 7.39. The van der Waals surface area contributed by atoms with Crippen molar-refractivity contribution < 1.29 is 14.3 Å². The Labute approximate surface area is 172 Å². The number of carbonyl (C=O) groups excluding carboxylic acids is 2. The summed E-state index contributed by atoms with van der Waals surface area (Å²) in [5, 5.41) is 5.37. The van der Waals surface area contributed by atoms with Crippen molar-refractivity contribution in [1.82, 2.24) is 14.8 Å². The van der Waals surface area contributed by atoms with Crippen molar-refractivity contribution in [3.63, 3.8) is 0 Å². The number of likely N-dealkylation sites (tertiary alicyclic amines) is 1. The monoisotopic (exact) mass is 410 g/mol. The molecule has 1 aliphatic heterocycles. The number of aromatic nitrogens is 1. The van der Waals surface area contributed by atoms with Gasteiger partial charge >= 0.3 is 6.09 Å². The molecular weight excluding hydrogens is 376 g/mol. The van der Waals surface area contributed by atoms with Crippen LogP contribution in [0.2, 0.25) is 0 Å². The molecule has 1 aromatic rings. The molecule has 158 valence electrons. The number of piperidine rings is 1. The van der Waals surface area contributed by atoms with Gasteiger partial charge in [-0.05, 0) is 59.9 Å². The minimum absolute atomic E-state index is 0.101. The maximum Gasteiger partial charge on any atom is 0.410 e. The Balaban J connectivity index is 1.93. The van der Waals surface area contributed by atoms with E-state index in [1.54, 1.807) is 0 Å². The van der Waals surface area contributed by atoms with Gasteiger partial charge in [0.05, 0.1) is 5.69 Å². The second-order valence-corrected chi connectivity index (χ2v) is 9.65. The van der Waals surface area contributed by atoms with Crippen LogP contribution in [0.4, 0.5) is 9.93 Å². The number of nitrogens with zero attached hydrogens (tertiary/aromatic N) is 3. The molecule has 1 N–H and O–H groups in total. The van der Waals surface area contributed by atoms with Crippen molar-refractivity contribution in [2.75, 3.05) is 25.0 Å². The molecule has 7 nitrogen and oxygen atoms in total. The molecule has 1 unspecified atom stereocenters. The molecule has 0 saturated carbocycles. The van der Waals surface area contributed by atoms with E-state index in [2.05, 4.69) is 15.2 Å². The van der Waals surface area contributed by atoms with Gasteiger partial charge in [0.2, 0.25) is 5.91 Å². The van der Waals surface area contributed by atoms with Crippen LogP contribution in [0, 0.1) is 5.92 Å². The van der Waals surface area contributed by atoms with Crippen molar-refractivity contribution in [3.8, 4) is 0 Å². The lowest BCUT2D eigenvalue weighted by atomic mass is 9.97. The highest BCUT2D eigenvalue weighted by molar-refractivity contribution is 7.13. The molecule has 0 aliphatic carbocycles. The Morgan fingerprint density at radius 1 is 1.43 bits per heavy atom. The maximum absolute atomic E-state index is 12.6. The van der Waals surface area contributed by atoms with Crippen LogP contribution in [0.3, 0.4) is 0 Å². The van der Waals surface area contributed by atoms with E-state index in [4.69, 9.17) is 4.74 Å². The van der Waals surface area contributed by atoms with E-state index in [-0.39, 0.29) is 18.0 Å². The summed E-state index contributed by atoms with van der Waals surface area (Å²) < 4.78 is 5.59. The SMILES string of the molecule is CC(=O)Nc1nc(CN2CCCC(CN(C(=O)OC(C)(C)C)C(C)C)C2)cs1. The molecule has 1 aliphatic rings. The van der Waals surface area contributed by atoms with Crippen LogP contribution in [0.5, 0.6) is 0 Å². The highest BCUT2D eigenvalue weighted by atomic mass is 32.1. The molecule has 1 fully saturated rings. The van der Waals surface area contributed by atoms with Gasteiger partial charge in [0.25, 0.3) is 0 Å². The van der Waals surface area contributed by atoms with Gasteiger partial charge in [0.1, 0.15) is 5.60 Å². The van der Waals surface area contributed by atoms with E-state index in [1.165, 1.54) is 18.3 Å². The molecule has 2 rings (SSSR count). The number of hydrogen-bond donors (Lipinski definition) is 1. The number of hydrogen-bond acceptors (Lipinski definition) is 6. The fraction of sp³-hybridized carbons (Fsp3) is 0.750. The number of rotatable bonds is 6. The smallest absolute Gasteiger partial charge is 0.410 e. The molecule has 0 spiro atoms. The van der Waals surface area contributed by atoms with Crippen molar-refractivity contribution >= 4 is 28.5 Å². The van der Waals surface area contributed by atoms with Gasteiger partial charge in [-0.1, -0.05) is 0 Å². The van der Waals surface area contributed by atoms with Crippen molar-refractivity contribution in [2.24, 2.45) is 5.92 Å². The first kappa shape index (κ1) is 22.6. The summed E-state index contributed by atoms with van der Waals surface area (Å²) >= 11 is 1.45. The first-order valence-electron chi connectivity index (χ1n) is 9.97. The zero-order chi connectivity index (χ0) is 20.9. The number of nitrogens with one attached hydrogen (secondary N) is 1. The van der Waals surface area contributed by atoms with Crippen LogP contribution in [-0.2, 0) is 16.1 Å². The lowest BCUT2D eigenvalue weighted by molar-refractivity contribution is -0.114. The predicted octanol–water partition coefficient (Wildman–Crippen LogP) is 3.96. The van der Waals surface area contributed by atoms with E-state index < -0.39 is 5.60 Å². The summed E-state index contributed by atoms with van der Waals surface area (Å²) in [5.74, 6) is 0.312. The average molecular weight is 411 g/mol. The zero-order valence-corrected chi connectivity index (χ0v) is 18.8. The number of carbonyl (C=O) groups is 2. The fourth-order valence-corrected chi connectivity index (χ4v) is 4.10. The van der Waals surface area contributed by atoms with E-state index in [0.29, 0.717) is 17.6 Å². The topological polar surface area (TPSA) is 74.8 Å². The molecular formula is C20H34N4O3S. The molecule has 2 amide bonds. The van der Waals surface area contributed by atoms with Crippen molar-refractivity contribution in [2.45, 2.75) is 72.6 Å². The van der Waals surface area contributed by atoms with Crippen LogP contribution in [-0.4, -0.2) is 58.1 Å². The first-order chi connectivity index (χ1) is 13.0. The molecule has 8 heteroatoms. The molecule has 1 aromatic heterocycles. The van der Waals surface area contributed by atoms with Gasteiger partial charge in [-0.15, -0.1) is 11.3 Å². The number of ether oxygens (including phenoxy) is 1. The average Bonchev–Trinajstić information content (AvgIpc) is 2.97. The fourth-order valence-electron chi connectivity index (χ4n) is 3.36. The lowest BCUT2D eigenvalue weighted by Crippen LogP contribution is -2.46. The molecule has 2 heterocycles. The Bertz CT molecular complexity index is 669. The quantitative estimate of drug-likeness (QED) is 0.768. The van der Waals surface area contributed by atoms with Gasteiger partial charge in [-0.3, -0.25) is 9.69 Å². The summed E-state index contributed by atoms with van der Waals surface area (Å²) in [7, 11) is 0. The Morgan fingerprint density at radius 2 is 2.14 bits per heavy atom. The van der Waals surface area contributed by atoms with Gasteiger partial charge in [-0.25, -0.2) is 9.78 Å². The second kappa shape index (κ2) is 9.69. The summed E-state index contributed by atoms with van der Waals surface area (Å²) in [6.07, 6.45) is 1.98. The van der Waals surface area contributed by atoms with Crippen LogP contribution >= 0.6 is 11.3 Å². The minimum Gasteiger partial charge on any atom is -0.444 e. The van der Waals surface area contributed by atoms with Gasteiger partial charge < -0.3 is 15.0 Å². The third-order valence-electron chi connectivity index (χ3n) is 4.53. The summed E-state index contributed by atoms with van der Waals surface area (Å²) in [5.41, 5.74) is 0.487. The molecule has 0 aromatic carbocycles. The van der Waals surface area contributed by atoms with Crippen molar-refractivity contribution in [1.29, 1.82) is 0 Å². The largest absolute Gasteiger partial charge is 0.444 e. The van der Waals surface area contributed by atoms with E-state index >= 15 is 0 Å². The summed E-state index contributed by atoms with van der Waals surface area (Å²) in [4.78, 5) is 32.5. The van der Waals surface area contributed by atoms with Crippen molar-refractivity contribution in [3.05, 3.63) is 11.1 Å². The Morgan fingerprint density at radius 3 is 2.75 bits per heavy atom. The standard InChI is InChI=1S/C20H34N4O3S/c1-14(2)24(19(26)27-20(4,5)6)11-16-8-7-9-23(10-16)12-17-13-28-18(22-17)21-15(3)25/h13-14,16H,7-12H2,1-6H3,(H,21,22,25). The third-order valence-corrected chi connectivity index (χ3v) is 5.34. The summed E-state index contributed by atoms with van der Waals surface area (Å²) in [6, 6.07) is 0.101. The number of anilines is 1. The number of thiazole rings is 1. The van der Waals surface area contributed by atoms with E-state index in [1.807, 2.05) is 44.9 Å². The van der Waals surface area contributed by atoms with Crippen LogP contribution < -0.4 is 5.32 Å². The Kier molecular flexibility index (Phi) is 7.83. The predicted molar refractivity (Wildman–Crippen MR) is 112 cm³/mol. The highest BCUT2D eigenvalue weighted by Crippen LogP contribution is 2.23. The van der Waals surface area contributed by atoms with E-state index in [0.717, 1.165) is 38.2 Å². The molecule has 1 atom stereocenters. The second-order valence-electron chi connectivity index (χ2n) is 8.80. The van der Waals surface area contributed by atoms with Crippen LogP contribution in [0.1, 0.15) is 60.1 Å². The van der Waals surface area contributed by atoms with Crippen LogP contribution in [0.15, 0.2) is 5.38 Å². The number of amides is 2.